The molecule has 0 aliphatic heterocycles. The highest BCUT2D eigenvalue weighted by Gasteiger charge is 2.36. The summed E-state index contributed by atoms with van der Waals surface area (Å²) in [6.07, 6.45) is 1.28. The van der Waals surface area contributed by atoms with E-state index in [1.807, 2.05) is 0 Å². The Bertz CT molecular complexity index is 597. The summed E-state index contributed by atoms with van der Waals surface area (Å²) in [5.74, 6) is -1.61. The van der Waals surface area contributed by atoms with Gasteiger partial charge in [0.05, 0.1) is 0 Å². The van der Waals surface area contributed by atoms with Crippen LogP contribution in [-0.2, 0) is 4.79 Å². The minimum Gasteiger partial charge on any atom is -0.481 e. The summed E-state index contributed by atoms with van der Waals surface area (Å²) in [7, 11) is 0. The zero-order valence-corrected chi connectivity index (χ0v) is 9.43. The van der Waals surface area contributed by atoms with E-state index >= 15 is 0 Å². The standard InChI is InChI=1S/C12H11NO4/c1-12(2,11(15)16)10(14)7-3-4-8-9(5-7)17-6-13-8/h3-6H,1-2H3,(H,15,16). The monoisotopic (exact) mass is 233 g/mol. The van der Waals surface area contributed by atoms with E-state index in [0.29, 0.717) is 16.7 Å². The van der Waals surface area contributed by atoms with E-state index in [1.54, 1.807) is 12.1 Å². The molecule has 5 nitrogen and oxygen atoms in total. The lowest BCUT2D eigenvalue weighted by Crippen LogP contribution is -2.33. The van der Waals surface area contributed by atoms with Crippen LogP contribution in [0.25, 0.3) is 11.1 Å². The van der Waals surface area contributed by atoms with Crippen LogP contribution in [0.4, 0.5) is 0 Å². The third-order valence-electron chi connectivity index (χ3n) is 2.70. The van der Waals surface area contributed by atoms with Gasteiger partial charge >= 0.3 is 5.97 Å². The highest BCUT2D eigenvalue weighted by Crippen LogP contribution is 2.24. The number of carbonyl (C=O) groups excluding carboxylic acids is 1. The molecular formula is C12H11NO4. The number of fused-ring (bicyclic) bond motifs is 1. The number of aliphatic carboxylic acids is 1. The van der Waals surface area contributed by atoms with Gasteiger partial charge in [-0.1, -0.05) is 0 Å². The van der Waals surface area contributed by atoms with Crippen LogP contribution in [-0.4, -0.2) is 21.8 Å². The first-order chi connectivity index (χ1) is 7.93. The normalized spacial score (nSPS) is 11.6. The van der Waals surface area contributed by atoms with Crippen molar-refractivity contribution in [2.75, 3.05) is 0 Å². The zero-order chi connectivity index (χ0) is 12.6. The van der Waals surface area contributed by atoms with Crippen molar-refractivity contribution in [2.45, 2.75) is 13.8 Å². The van der Waals surface area contributed by atoms with Gasteiger partial charge in [-0.2, -0.15) is 0 Å². The number of ketones is 1. The summed E-state index contributed by atoms with van der Waals surface area (Å²) >= 11 is 0. The van der Waals surface area contributed by atoms with Gasteiger partial charge in [-0.05, 0) is 32.0 Å². The number of benzene rings is 1. The molecule has 1 heterocycles. The summed E-state index contributed by atoms with van der Waals surface area (Å²) < 4.78 is 5.07. The lowest BCUT2D eigenvalue weighted by Gasteiger charge is -2.17. The molecule has 17 heavy (non-hydrogen) atoms. The highest BCUT2D eigenvalue weighted by atomic mass is 16.4. The molecule has 0 fully saturated rings. The number of carbonyl (C=O) groups is 2. The predicted molar refractivity (Wildman–Crippen MR) is 59.8 cm³/mol. The van der Waals surface area contributed by atoms with Crippen LogP contribution in [0.5, 0.6) is 0 Å². The highest BCUT2D eigenvalue weighted by molar-refractivity contribution is 6.12. The average molecular weight is 233 g/mol. The topological polar surface area (TPSA) is 80.4 Å². The summed E-state index contributed by atoms with van der Waals surface area (Å²) in [5.41, 5.74) is -0.0402. The van der Waals surface area contributed by atoms with Gasteiger partial charge in [-0.25, -0.2) is 4.98 Å². The molecule has 0 spiro atoms. The van der Waals surface area contributed by atoms with Crippen LogP contribution in [0.15, 0.2) is 29.0 Å². The fourth-order valence-corrected chi connectivity index (χ4v) is 1.45. The van der Waals surface area contributed by atoms with Crippen molar-refractivity contribution in [1.82, 2.24) is 4.98 Å². The van der Waals surface area contributed by atoms with Crippen LogP contribution in [0, 0.1) is 5.41 Å². The molecule has 2 aromatic rings. The van der Waals surface area contributed by atoms with Crippen LogP contribution < -0.4 is 0 Å². The minimum absolute atomic E-state index is 0.307. The van der Waals surface area contributed by atoms with E-state index in [-0.39, 0.29) is 0 Å². The molecule has 1 aromatic heterocycles. The summed E-state index contributed by atoms with van der Waals surface area (Å²) in [4.78, 5) is 26.9. The molecule has 0 saturated heterocycles. The van der Waals surface area contributed by atoms with Gasteiger partial charge < -0.3 is 9.52 Å². The molecule has 1 aromatic carbocycles. The van der Waals surface area contributed by atoms with Gasteiger partial charge in [-0.3, -0.25) is 9.59 Å². The molecule has 0 unspecified atom stereocenters. The number of carboxylic acid groups (broad SMARTS) is 1. The van der Waals surface area contributed by atoms with E-state index in [9.17, 15) is 9.59 Å². The first kappa shape index (κ1) is 11.3. The van der Waals surface area contributed by atoms with Gasteiger partial charge in [0, 0.05) is 5.56 Å². The van der Waals surface area contributed by atoms with Gasteiger partial charge in [0.1, 0.15) is 10.9 Å². The Morgan fingerprint density at radius 2 is 2.06 bits per heavy atom. The van der Waals surface area contributed by atoms with E-state index in [1.165, 1.54) is 26.3 Å². The van der Waals surface area contributed by atoms with Crippen molar-refractivity contribution >= 4 is 22.9 Å². The third-order valence-corrected chi connectivity index (χ3v) is 2.70. The third kappa shape index (κ3) is 1.80. The van der Waals surface area contributed by atoms with Gasteiger partial charge in [0.2, 0.25) is 0 Å². The lowest BCUT2D eigenvalue weighted by molar-refractivity contribution is -0.144. The Kier molecular flexibility index (Phi) is 2.46. The Balaban J connectivity index is 2.46. The number of nitrogens with zero attached hydrogens (tertiary/aromatic N) is 1. The first-order valence-corrected chi connectivity index (χ1v) is 5.04. The molecule has 1 N–H and O–H groups in total. The lowest BCUT2D eigenvalue weighted by atomic mass is 9.84. The molecule has 0 bridgehead atoms. The number of carboxylic acids is 1. The second kappa shape index (κ2) is 3.69. The average Bonchev–Trinajstić information content (AvgIpc) is 2.74. The number of Topliss-reactive ketones (excluding diaryl/α,β-unsaturated/α-hetero) is 1. The Hall–Kier alpha value is -2.17. The predicted octanol–water partition coefficient (Wildman–Crippen LogP) is 2.12. The maximum atomic E-state index is 12.0. The smallest absolute Gasteiger partial charge is 0.316 e. The SMILES string of the molecule is CC(C)(C(=O)O)C(=O)c1ccc2ncoc2c1. The van der Waals surface area contributed by atoms with Crippen molar-refractivity contribution in [3.05, 3.63) is 30.2 Å². The summed E-state index contributed by atoms with van der Waals surface area (Å²) in [5, 5.41) is 8.99. The van der Waals surface area contributed by atoms with Crippen molar-refractivity contribution in [3.8, 4) is 0 Å². The molecule has 0 saturated carbocycles. The van der Waals surface area contributed by atoms with Gasteiger partial charge in [-0.15, -0.1) is 0 Å². The molecule has 0 atom stereocenters. The molecular weight excluding hydrogens is 222 g/mol. The molecule has 2 rings (SSSR count). The molecule has 5 heteroatoms. The maximum absolute atomic E-state index is 12.0. The van der Waals surface area contributed by atoms with Crippen molar-refractivity contribution in [2.24, 2.45) is 5.41 Å². The Morgan fingerprint density at radius 3 is 2.71 bits per heavy atom. The van der Waals surface area contributed by atoms with Crippen LogP contribution >= 0.6 is 0 Å². The van der Waals surface area contributed by atoms with Gasteiger partial charge in [0.15, 0.2) is 17.8 Å². The molecule has 0 aliphatic carbocycles. The Morgan fingerprint density at radius 1 is 1.35 bits per heavy atom. The quantitative estimate of drug-likeness (QED) is 0.648. The molecule has 88 valence electrons. The Labute approximate surface area is 97.1 Å². The first-order valence-electron chi connectivity index (χ1n) is 5.04. The maximum Gasteiger partial charge on any atom is 0.316 e. The van der Waals surface area contributed by atoms with Crippen LogP contribution in [0.1, 0.15) is 24.2 Å². The number of rotatable bonds is 3. The van der Waals surface area contributed by atoms with E-state index in [0.717, 1.165) is 0 Å². The zero-order valence-electron chi connectivity index (χ0n) is 9.43. The summed E-state index contributed by atoms with van der Waals surface area (Å²) in [6, 6.07) is 4.69. The second-order valence-electron chi connectivity index (χ2n) is 4.29. The van der Waals surface area contributed by atoms with Crippen molar-refractivity contribution < 1.29 is 19.1 Å². The fourth-order valence-electron chi connectivity index (χ4n) is 1.45. The molecule has 0 amide bonds. The number of hydrogen-bond donors (Lipinski definition) is 1. The minimum atomic E-state index is -1.45. The van der Waals surface area contributed by atoms with E-state index in [4.69, 9.17) is 9.52 Å². The fraction of sp³-hybridized carbons (Fsp3) is 0.250. The van der Waals surface area contributed by atoms with E-state index < -0.39 is 17.2 Å². The van der Waals surface area contributed by atoms with Crippen LogP contribution in [0.3, 0.4) is 0 Å². The van der Waals surface area contributed by atoms with Crippen molar-refractivity contribution in [1.29, 1.82) is 0 Å². The number of aromatic nitrogens is 1. The molecule has 0 radical (unpaired) electrons. The largest absolute Gasteiger partial charge is 0.481 e. The number of oxazole rings is 1. The second-order valence-corrected chi connectivity index (χ2v) is 4.29. The van der Waals surface area contributed by atoms with Crippen LogP contribution in [0.2, 0.25) is 0 Å². The number of hydrogen-bond acceptors (Lipinski definition) is 4. The van der Waals surface area contributed by atoms with Gasteiger partial charge in [0.25, 0.3) is 0 Å². The molecule has 0 aliphatic rings. The van der Waals surface area contributed by atoms with Crippen molar-refractivity contribution in [3.63, 3.8) is 0 Å². The summed E-state index contributed by atoms with van der Waals surface area (Å²) in [6.45, 7) is 2.75. The van der Waals surface area contributed by atoms with E-state index in [2.05, 4.69) is 4.98 Å².